The Hall–Kier alpha value is -1.99. The summed E-state index contributed by atoms with van der Waals surface area (Å²) in [5.41, 5.74) is -0.430. The van der Waals surface area contributed by atoms with Crippen LogP contribution >= 0.6 is 11.6 Å². The molecule has 21 heavy (non-hydrogen) atoms. The largest absolute Gasteiger partial charge is 0.478 e. The van der Waals surface area contributed by atoms with Crippen LogP contribution in [0.4, 0.5) is 4.39 Å². The molecule has 8 heteroatoms. The number of pyridine rings is 1. The van der Waals surface area contributed by atoms with Gasteiger partial charge in [0.25, 0.3) is 0 Å². The quantitative estimate of drug-likeness (QED) is 0.931. The van der Waals surface area contributed by atoms with Gasteiger partial charge in [0.2, 0.25) is 0 Å². The lowest BCUT2D eigenvalue weighted by Crippen LogP contribution is -2.11. The van der Waals surface area contributed by atoms with Crippen molar-refractivity contribution in [2.45, 2.75) is 10.6 Å². The molecule has 110 valence electrons. The predicted molar refractivity (Wildman–Crippen MR) is 73.5 cm³/mol. The van der Waals surface area contributed by atoms with Crippen molar-refractivity contribution in [3.8, 4) is 0 Å². The number of carboxylic acid groups (broad SMARTS) is 1. The summed E-state index contributed by atoms with van der Waals surface area (Å²) in [6, 6.07) is 4.82. The van der Waals surface area contributed by atoms with Gasteiger partial charge < -0.3 is 5.11 Å². The summed E-state index contributed by atoms with van der Waals surface area (Å²) in [6.45, 7) is 0. The van der Waals surface area contributed by atoms with Crippen LogP contribution in [0.15, 0.2) is 41.6 Å². The molecule has 0 unspecified atom stereocenters. The Labute approximate surface area is 124 Å². The molecule has 1 heterocycles. The van der Waals surface area contributed by atoms with Crippen molar-refractivity contribution < 1.29 is 22.7 Å². The van der Waals surface area contributed by atoms with E-state index in [-0.39, 0.29) is 5.02 Å². The van der Waals surface area contributed by atoms with E-state index in [1.54, 1.807) is 6.07 Å². The maximum Gasteiger partial charge on any atom is 0.338 e. The fourth-order valence-corrected chi connectivity index (χ4v) is 3.46. The number of sulfone groups is 1. The van der Waals surface area contributed by atoms with Crippen molar-refractivity contribution in [3.05, 3.63) is 58.6 Å². The number of rotatable bonds is 4. The number of aromatic carboxylic acids is 1. The molecule has 0 spiro atoms. The molecule has 1 aromatic carbocycles. The van der Waals surface area contributed by atoms with Gasteiger partial charge in [-0.05, 0) is 23.8 Å². The van der Waals surface area contributed by atoms with Gasteiger partial charge in [-0.2, -0.15) is 0 Å². The molecule has 1 aromatic heterocycles. The monoisotopic (exact) mass is 329 g/mol. The molecule has 0 aliphatic heterocycles. The summed E-state index contributed by atoms with van der Waals surface area (Å²) < 4.78 is 38.5. The Morgan fingerprint density at radius 3 is 2.67 bits per heavy atom. The second kappa shape index (κ2) is 5.79. The van der Waals surface area contributed by atoms with Crippen LogP contribution in [0.25, 0.3) is 0 Å². The van der Waals surface area contributed by atoms with Crippen molar-refractivity contribution in [1.29, 1.82) is 0 Å². The minimum Gasteiger partial charge on any atom is -0.478 e. The average molecular weight is 330 g/mol. The number of halogens is 2. The zero-order chi connectivity index (χ0) is 15.6. The smallest absolute Gasteiger partial charge is 0.338 e. The van der Waals surface area contributed by atoms with E-state index in [2.05, 4.69) is 4.98 Å². The Kier molecular flexibility index (Phi) is 4.24. The Morgan fingerprint density at radius 2 is 2.10 bits per heavy atom. The van der Waals surface area contributed by atoms with E-state index in [9.17, 15) is 17.6 Å². The summed E-state index contributed by atoms with van der Waals surface area (Å²) in [5, 5.41) is 8.70. The molecular weight excluding hydrogens is 321 g/mol. The lowest BCUT2D eigenvalue weighted by Gasteiger charge is -2.08. The van der Waals surface area contributed by atoms with E-state index in [0.29, 0.717) is 5.56 Å². The first-order chi connectivity index (χ1) is 9.81. The topological polar surface area (TPSA) is 84.3 Å². The average Bonchev–Trinajstić information content (AvgIpc) is 2.41. The SMILES string of the molecule is O=C(O)c1cc(Cl)cc(S(=O)(=O)Cc2cccnc2)c1F. The van der Waals surface area contributed by atoms with Crippen LogP contribution in [0.3, 0.4) is 0 Å². The van der Waals surface area contributed by atoms with Gasteiger partial charge in [-0.15, -0.1) is 0 Å². The molecule has 5 nitrogen and oxygen atoms in total. The summed E-state index contributed by atoms with van der Waals surface area (Å²) in [5.74, 6) is -3.42. The highest BCUT2D eigenvalue weighted by Crippen LogP contribution is 2.26. The first kappa shape index (κ1) is 15.4. The second-order valence-electron chi connectivity index (χ2n) is 4.19. The third-order valence-corrected chi connectivity index (χ3v) is 4.55. The first-order valence-corrected chi connectivity index (χ1v) is 7.68. The van der Waals surface area contributed by atoms with Crippen LogP contribution in [0.2, 0.25) is 5.02 Å². The first-order valence-electron chi connectivity index (χ1n) is 5.65. The van der Waals surface area contributed by atoms with Gasteiger partial charge >= 0.3 is 5.97 Å². The maximum atomic E-state index is 14.1. The molecule has 0 amide bonds. The molecule has 0 aliphatic rings. The number of aromatic nitrogens is 1. The van der Waals surface area contributed by atoms with Gasteiger partial charge in [-0.3, -0.25) is 4.98 Å². The van der Waals surface area contributed by atoms with Crippen LogP contribution in [0, 0.1) is 5.82 Å². The van der Waals surface area contributed by atoms with Gasteiger partial charge in [-0.25, -0.2) is 17.6 Å². The third kappa shape index (κ3) is 3.37. The number of carbonyl (C=O) groups is 1. The van der Waals surface area contributed by atoms with Crippen molar-refractivity contribution in [1.82, 2.24) is 4.98 Å². The Bertz CT molecular complexity index is 793. The molecule has 1 N–H and O–H groups in total. The molecule has 2 aromatic rings. The van der Waals surface area contributed by atoms with E-state index in [1.807, 2.05) is 0 Å². The standard InChI is InChI=1S/C13H9ClFNO4S/c14-9-4-10(13(17)18)12(15)11(5-9)21(19,20)7-8-2-1-3-16-6-8/h1-6H,7H2,(H,17,18). The Balaban J connectivity index is 2.53. The van der Waals surface area contributed by atoms with Crippen LogP contribution in [-0.4, -0.2) is 24.5 Å². The summed E-state index contributed by atoms with van der Waals surface area (Å²) in [7, 11) is -4.09. The van der Waals surface area contributed by atoms with Crippen LogP contribution in [-0.2, 0) is 15.6 Å². The van der Waals surface area contributed by atoms with E-state index >= 15 is 0 Å². The zero-order valence-electron chi connectivity index (χ0n) is 10.5. The van der Waals surface area contributed by atoms with E-state index in [0.717, 1.165) is 12.1 Å². The molecule has 0 atom stereocenters. The van der Waals surface area contributed by atoms with Crippen molar-refractivity contribution in [2.24, 2.45) is 0 Å². The van der Waals surface area contributed by atoms with Crippen molar-refractivity contribution in [2.75, 3.05) is 0 Å². The number of hydrogen-bond acceptors (Lipinski definition) is 4. The van der Waals surface area contributed by atoms with E-state index < -0.39 is 37.8 Å². The summed E-state index contributed by atoms with van der Waals surface area (Å²) in [6.07, 6.45) is 2.80. The minimum absolute atomic E-state index is 0.168. The van der Waals surface area contributed by atoms with Crippen molar-refractivity contribution in [3.63, 3.8) is 0 Å². The van der Waals surface area contributed by atoms with Gasteiger partial charge in [0.05, 0.1) is 11.3 Å². The summed E-state index contributed by atoms with van der Waals surface area (Å²) >= 11 is 5.67. The van der Waals surface area contributed by atoms with Crippen LogP contribution < -0.4 is 0 Å². The highest BCUT2D eigenvalue weighted by Gasteiger charge is 2.25. The lowest BCUT2D eigenvalue weighted by atomic mass is 10.2. The number of hydrogen-bond donors (Lipinski definition) is 1. The minimum atomic E-state index is -4.09. The highest BCUT2D eigenvalue weighted by molar-refractivity contribution is 7.90. The fraction of sp³-hybridized carbons (Fsp3) is 0.0769. The van der Waals surface area contributed by atoms with Gasteiger partial charge in [0.1, 0.15) is 4.90 Å². The number of carboxylic acids is 1. The van der Waals surface area contributed by atoms with E-state index in [1.165, 1.54) is 18.5 Å². The number of nitrogens with zero attached hydrogens (tertiary/aromatic N) is 1. The number of benzene rings is 1. The molecular formula is C13H9ClFNO4S. The lowest BCUT2D eigenvalue weighted by molar-refractivity contribution is 0.0691. The predicted octanol–water partition coefficient (Wildman–Crippen LogP) is 2.55. The van der Waals surface area contributed by atoms with Crippen LogP contribution in [0.5, 0.6) is 0 Å². The molecule has 0 aliphatic carbocycles. The maximum absolute atomic E-state index is 14.1. The fourth-order valence-electron chi connectivity index (χ4n) is 1.73. The molecule has 0 bridgehead atoms. The molecule has 2 rings (SSSR count). The summed E-state index contributed by atoms with van der Waals surface area (Å²) in [4.78, 5) is 13.9. The van der Waals surface area contributed by atoms with Gasteiger partial charge in [0.15, 0.2) is 15.7 Å². The van der Waals surface area contributed by atoms with E-state index in [4.69, 9.17) is 16.7 Å². The normalized spacial score (nSPS) is 11.3. The van der Waals surface area contributed by atoms with Gasteiger partial charge in [0, 0.05) is 17.4 Å². The second-order valence-corrected chi connectivity index (χ2v) is 6.59. The molecule has 0 fully saturated rings. The molecule has 0 saturated heterocycles. The van der Waals surface area contributed by atoms with Crippen LogP contribution in [0.1, 0.15) is 15.9 Å². The van der Waals surface area contributed by atoms with Gasteiger partial charge in [-0.1, -0.05) is 17.7 Å². The molecule has 0 saturated carbocycles. The zero-order valence-corrected chi connectivity index (χ0v) is 12.0. The Morgan fingerprint density at radius 1 is 1.38 bits per heavy atom. The highest BCUT2D eigenvalue weighted by atomic mass is 35.5. The third-order valence-electron chi connectivity index (χ3n) is 2.65. The van der Waals surface area contributed by atoms with Crippen molar-refractivity contribution >= 4 is 27.4 Å². The molecule has 0 radical (unpaired) electrons.